The lowest BCUT2D eigenvalue weighted by molar-refractivity contribution is -0.127. The second-order valence-corrected chi connectivity index (χ2v) is 8.26. The Morgan fingerprint density at radius 1 is 1.20 bits per heavy atom. The molecule has 0 spiro atoms. The van der Waals surface area contributed by atoms with E-state index in [-0.39, 0.29) is 23.5 Å². The molecule has 5 nitrogen and oxygen atoms in total. The number of hydrogen-bond acceptors (Lipinski definition) is 4. The van der Waals surface area contributed by atoms with Crippen molar-refractivity contribution in [3.05, 3.63) is 0 Å². The van der Waals surface area contributed by atoms with E-state index in [1.54, 1.807) is 0 Å². The van der Waals surface area contributed by atoms with E-state index in [4.69, 9.17) is 0 Å². The van der Waals surface area contributed by atoms with Crippen LogP contribution in [0.4, 0.5) is 0 Å². The minimum atomic E-state index is -2.88. The molecule has 0 bridgehead atoms. The molecule has 1 aliphatic carbocycles. The predicted molar refractivity (Wildman–Crippen MR) is 79.3 cm³/mol. The van der Waals surface area contributed by atoms with Gasteiger partial charge >= 0.3 is 0 Å². The summed E-state index contributed by atoms with van der Waals surface area (Å²) in [5.74, 6) is 0.444. The minimum Gasteiger partial charge on any atom is -0.352 e. The second kappa shape index (κ2) is 6.89. The van der Waals surface area contributed by atoms with Crippen LogP contribution in [0.2, 0.25) is 0 Å². The molecule has 1 saturated heterocycles. The van der Waals surface area contributed by atoms with Crippen molar-refractivity contribution in [2.45, 2.75) is 57.5 Å². The number of sulfone groups is 1. The van der Waals surface area contributed by atoms with Crippen molar-refractivity contribution in [2.75, 3.05) is 24.6 Å². The Kier molecular flexibility index (Phi) is 5.43. The van der Waals surface area contributed by atoms with Gasteiger partial charge in [0.05, 0.1) is 17.5 Å². The molecule has 2 fully saturated rings. The highest BCUT2D eigenvalue weighted by Crippen LogP contribution is 2.18. The average molecular weight is 302 g/mol. The fourth-order valence-electron chi connectivity index (χ4n) is 3.19. The summed E-state index contributed by atoms with van der Waals surface area (Å²) < 4.78 is 22.9. The second-order valence-electron chi connectivity index (χ2n) is 5.96. The third-order valence-electron chi connectivity index (χ3n) is 4.46. The molecule has 0 unspecified atom stereocenters. The number of nitrogens with one attached hydrogen (secondary N) is 1. The molecule has 116 valence electrons. The molecule has 1 saturated carbocycles. The van der Waals surface area contributed by atoms with Gasteiger partial charge in [-0.15, -0.1) is 0 Å². The Morgan fingerprint density at radius 2 is 1.80 bits per heavy atom. The van der Waals surface area contributed by atoms with E-state index < -0.39 is 9.84 Å². The van der Waals surface area contributed by atoms with Crippen molar-refractivity contribution < 1.29 is 13.2 Å². The van der Waals surface area contributed by atoms with E-state index in [0.717, 1.165) is 19.3 Å². The molecular formula is C14H26N2O3S. The number of amides is 1. The molecule has 1 heterocycles. The summed E-state index contributed by atoms with van der Waals surface area (Å²) in [6.07, 6.45) is 6.56. The van der Waals surface area contributed by atoms with Gasteiger partial charge in [0.1, 0.15) is 0 Å². The van der Waals surface area contributed by atoms with Gasteiger partial charge in [-0.05, 0) is 19.3 Å². The number of rotatable bonds is 4. The van der Waals surface area contributed by atoms with Gasteiger partial charge in [-0.3, -0.25) is 9.69 Å². The zero-order valence-electron chi connectivity index (χ0n) is 12.3. The lowest BCUT2D eigenvalue weighted by atomic mass is 9.95. The molecular weight excluding hydrogens is 276 g/mol. The van der Waals surface area contributed by atoms with Crippen molar-refractivity contribution in [1.82, 2.24) is 10.2 Å². The maximum absolute atomic E-state index is 12.4. The average Bonchev–Trinajstić information content (AvgIpc) is 2.42. The largest absolute Gasteiger partial charge is 0.352 e. The van der Waals surface area contributed by atoms with Gasteiger partial charge < -0.3 is 5.32 Å². The van der Waals surface area contributed by atoms with Gasteiger partial charge in [0, 0.05) is 19.1 Å². The van der Waals surface area contributed by atoms with E-state index in [9.17, 15) is 13.2 Å². The quantitative estimate of drug-likeness (QED) is 0.839. The topological polar surface area (TPSA) is 66.5 Å². The first-order valence-electron chi connectivity index (χ1n) is 7.76. The lowest BCUT2D eigenvalue weighted by Crippen LogP contribution is -2.54. The molecule has 2 rings (SSSR count). The van der Waals surface area contributed by atoms with Crippen LogP contribution < -0.4 is 5.32 Å². The van der Waals surface area contributed by atoms with Crippen LogP contribution in [0.25, 0.3) is 0 Å². The summed E-state index contributed by atoms with van der Waals surface area (Å²) >= 11 is 0. The Labute approximate surface area is 122 Å². The van der Waals surface area contributed by atoms with Gasteiger partial charge in [-0.25, -0.2) is 8.42 Å². The summed E-state index contributed by atoms with van der Waals surface area (Å²) in [5.41, 5.74) is 0. The first-order chi connectivity index (χ1) is 9.52. The maximum Gasteiger partial charge on any atom is 0.237 e. The highest BCUT2D eigenvalue weighted by atomic mass is 32.2. The molecule has 0 aromatic rings. The number of carbonyl (C=O) groups excluding carboxylic acids is 1. The molecule has 20 heavy (non-hydrogen) atoms. The van der Waals surface area contributed by atoms with Crippen LogP contribution in [-0.2, 0) is 14.6 Å². The molecule has 6 heteroatoms. The third-order valence-corrected chi connectivity index (χ3v) is 6.07. The van der Waals surface area contributed by atoms with Crippen molar-refractivity contribution in [1.29, 1.82) is 0 Å². The summed E-state index contributed by atoms with van der Waals surface area (Å²) in [4.78, 5) is 14.4. The van der Waals surface area contributed by atoms with Crippen molar-refractivity contribution in [3.63, 3.8) is 0 Å². The molecule has 2 aliphatic rings. The van der Waals surface area contributed by atoms with Crippen molar-refractivity contribution in [3.8, 4) is 0 Å². The third kappa shape index (κ3) is 4.19. The van der Waals surface area contributed by atoms with Gasteiger partial charge in [0.2, 0.25) is 5.91 Å². The van der Waals surface area contributed by atoms with Crippen molar-refractivity contribution in [2.24, 2.45) is 0 Å². The molecule has 0 aromatic heterocycles. The Hall–Kier alpha value is -0.620. The van der Waals surface area contributed by atoms with Gasteiger partial charge in [-0.1, -0.05) is 26.2 Å². The molecule has 1 amide bonds. The van der Waals surface area contributed by atoms with Crippen LogP contribution in [0.1, 0.15) is 45.4 Å². The molecule has 1 N–H and O–H groups in total. The first-order valence-corrected chi connectivity index (χ1v) is 9.59. The highest BCUT2D eigenvalue weighted by molar-refractivity contribution is 7.91. The maximum atomic E-state index is 12.4. The van der Waals surface area contributed by atoms with Gasteiger partial charge in [0.15, 0.2) is 9.84 Å². The SMILES string of the molecule is CC[C@@H](C(=O)NC1CCCCC1)N1CCS(=O)(=O)CC1. The Bertz CT molecular complexity index is 416. The Morgan fingerprint density at radius 3 is 2.35 bits per heavy atom. The summed E-state index contributed by atoms with van der Waals surface area (Å²) in [6.45, 7) is 2.96. The zero-order chi connectivity index (χ0) is 14.6. The van der Waals surface area contributed by atoms with E-state index >= 15 is 0 Å². The van der Waals surface area contributed by atoms with E-state index in [0.29, 0.717) is 19.1 Å². The fraction of sp³-hybridized carbons (Fsp3) is 0.929. The normalized spacial score (nSPS) is 26.1. The summed E-state index contributed by atoms with van der Waals surface area (Å²) in [7, 11) is -2.88. The molecule has 1 aliphatic heterocycles. The van der Waals surface area contributed by atoms with Crippen molar-refractivity contribution >= 4 is 15.7 Å². The number of nitrogens with zero attached hydrogens (tertiary/aromatic N) is 1. The van der Waals surface area contributed by atoms with Gasteiger partial charge in [-0.2, -0.15) is 0 Å². The fourth-order valence-corrected chi connectivity index (χ4v) is 4.42. The van der Waals surface area contributed by atoms with E-state index in [2.05, 4.69) is 5.32 Å². The standard InChI is InChI=1S/C14H26N2O3S/c1-2-13(16-8-10-20(18,19)11-9-16)14(17)15-12-6-4-3-5-7-12/h12-13H,2-11H2,1H3,(H,15,17)/t13-/m0/s1. The highest BCUT2D eigenvalue weighted by Gasteiger charge is 2.31. The van der Waals surface area contributed by atoms with Gasteiger partial charge in [0.25, 0.3) is 0 Å². The van der Waals surface area contributed by atoms with Crippen LogP contribution in [0.15, 0.2) is 0 Å². The van der Waals surface area contributed by atoms with Crippen LogP contribution in [0, 0.1) is 0 Å². The lowest BCUT2D eigenvalue weighted by Gasteiger charge is -2.34. The minimum absolute atomic E-state index is 0.0821. The Balaban J connectivity index is 1.88. The number of carbonyl (C=O) groups is 1. The van der Waals surface area contributed by atoms with Crippen LogP contribution in [-0.4, -0.2) is 55.9 Å². The first kappa shape index (κ1) is 15.8. The van der Waals surface area contributed by atoms with Crippen LogP contribution >= 0.6 is 0 Å². The summed E-state index contributed by atoms with van der Waals surface area (Å²) in [6, 6.07) is 0.145. The van der Waals surface area contributed by atoms with E-state index in [1.807, 2.05) is 11.8 Å². The zero-order valence-corrected chi connectivity index (χ0v) is 13.1. The van der Waals surface area contributed by atoms with Crippen LogP contribution in [0.3, 0.4) is 0 Å². The molecule has 0 radical (unpaired) electrons. The smallest absolute Gasteiger partial charge is 0.237 e. The molecule has 1 atom stereocenters. The van der Waals surface area contributed by atoms with Crippen LogP contribution in [0.5, 0.6) is 0 Å². The monoisotopic (exact) mass is 302 g/mol. The number of hydrogen-bond donors (Lipinski definition) is 1. The van der Waals surface area contributed by atoms with E-state index in [1.165, 1.54) is 19.3 Å². The summed E-state index contributed by atoms with van der Waals surface area (Å²) in [5, 5.41) is 3.16. The predicted octanol–water partition coefficient (Wildman–Crippen LogP) is 0.944. The molecule has 0 aromatic carbocycles.